The molecule has 3 aromatic rings. The fourth-order valence-electron chi connectivity index (χ4n) is 2.69. The zero-order chi connectivity index (χ0) is 23.6. The number of amides is 2. The Morgan fingerprint density at radius 3 is 2.25 bits per heavy atom. The molecule has 3 rings (SSSR count). The van der Waals surface area contributed by atoms with Gasteiger partial charge in [0.05, 0.1) is 27.0 Å². The molecule has 0 saturated carbocycles. The molecule has 0 aliphatic carbocycles. The lowest BCUT2D eigenvalue weighted by molar-refractivity contribution is -0.141. The lowest BCUT2D eigenvalue weighted by Gasteiger charge is -2.13. The lowest BCUT2D eigenvalue weighted by Crippen LogP contribution is -2.17. The third-order valence-corrected chi connectivity index (χ3v) is 4.89. The van der Waals surface area contributed by atoms with Gasteiger partial charge in [0.1, 0.15) is 11.5 Å². The second kappa shape index (κ2) is 9.13. The van der Waals surface area contributed by atoms with Gasteiger partial charge in [0.2, 0.25) is 0 Å². The summed E-state index contributed by atoms with van der Waals surface area (Å²) in [5, 5.41) is 4.95. The predicted octanol–water partition coefficient (Wildman–Crippen LogP) is 6.36. The molecular weight excluding hydrogens is 473 g/mol. The molecule has 0 atom stereocenters. The van der Waals surface area contributed by atoms with Gasteiger partial charge < -0.3 is 10.6 Å². The third-order valence-electron chi connectivity index (χ3n) is 4.28. The van der Waals surface area contributed by atoms with Gasteiger partial charge in [0.25, 0.3) is 11.8 Å². The molecule has 0 fully saturated rings. The van der Waals surface area contributed by atoms with Crippen LogP contribution in [0.15, 0.2) is 48.5 Å². The molecule has 0 aliphatic rings. The van der Waals surface area contributed by atoms with Crippen molar-refractivity contribution < 1.29 is 27.2 Å². The first-order chi connectivity index (χ1) is 15.0. The summed E-state index contributed by atoms with van der Waals surface area (Å²) in [4.78, 5) is 28.3. The van der Waals surface area contributed by atoms with E-state index in [-0.39, 0.29) is 38.2 Å². The van der Waals surface area contributed by atoms with Crippen molar-refractivity contribution in [3.8, 4) is 0 Å². The topological polar surface area (TPSA) is 71.1 Å². The van der Waals surface area contributed by atoms with Crippen LogP contribution in [0.5, 0.6) is 0 Å². The van der Waals surface area contributed by atoms with E-state index in [0.29, 0.717) is 6.07 Å². The standard InChI is InChI=1S/C21H13Cl2F4N3O2/c1-10-13(4-7-18(28-10)21(25,26)27)20(32)29-12-3-5-14(22)17(9-12)30-19(31)11-2-6-16(24)15(23)8-11/h2-9H,1H3,(H,29,32)(H,30,31). The monoisotopic (exact) mass is 485 g/mol. The van der Waals surface area contributed by atoms with Gasteiger partial charge in [-0.25, -0.2) is 9.37 Å². The Balaban J connectivity index is 1.79. The number of alkyl halides is 3. The Kier molecular flexibility index (Phi) is 6.71. The van der Waals surface area contributed by atoms with Crippen LogP contribution in [0.1, 0.15) is 32.1 Å². The number of rotatable bonds is 4. The second-order valence-electron chi connectivity index (χ2n) is 6.56. The highest BCUT2D eigenvalue weighted by Gasteiger charge is 2.33. The highest BCUT2D eigenvalue weighted by Crippen LogP contribution is 2.29. The molecule has 0 bridgehead atoms. The number of aromatic nitrogens is 1. The van der Waals surface area contributed by atoms with Gasteiger partial charge in [-0.1, -0.05) is 23.2 Å². The Morgan fingerprint density at radius 1 is 0.906 bits per heavy atom. The summed E-state index contributed by atoms with van der Waals surface area (Å²) in [5.41, 5.74) is -0.840. The number of aryl methyl sites for hydroxylation is 1. The van der Waals surface area contributed by atoms with E-state index in [2.05, 4.69) is 15.6 Å². The van der Waals surface area contributed by atoms with Crippen LogP contribution in [0, 0.1) is 12.7 Å². The normalized spacial score (nSPS) is 11.2. The van der Waals surface area contributed by atoms with E-state index in [1.165, 1.54) is 31.2 Å². The van der Waals surface area contributed by atoms with Gasteiger partial charge in [0.15, 0.2) is 0 Å². The first-order valence-corrected chi connectivity index (χ1v) is 9.63. The molecule has 0 unspecified atom stereocenters. The largest absolute Gasteiger partial charge is 0.433 e. The zero-order valence-corrected chi connectivity index (χ0v) is 17.7. The molecule has 2 N–H and O–H groups in total. The van der Waals surface area contributed by atoms with Crippen molar-refractivity contribution in [3.05, 3.63) is 86.9 Å². The van der Waals surface area contributed by atoms with Gasteiger partial charge in [-0.2, -0.15) is 13.2 Å². The number of carbonyl (C=O) groups is 2. The maximum atomic E-state index is 13.3. The number of pyridine rings is 1. The van der Waals surface area contributed by atoms with Crippen LogP contribution < -0.4 is 10.6 Å². The highest BCUT2D eigenvalue weighted by atomic mass is 35.5. The Morgan fingerprint density at radius 2 is 1.62 bits per heavy atom. The van der Waals surface area contributed by atoms with E-state index >= 15 is 0 Å². The molecule has 0 aliphatic heterocycles. The Labute approximate surface area is 189 Å². The molecule has 0 spiro atoms. The van der Waals surface area contributed by atoms with Crippen molar-refractivity contribution in [2.45, 2.75) is 13.1 Å². The van der Waals surface area contributed by atoms with Gasteiger partial charge in [-0.15, -0.1) is 0 Å². The van der Waals surface area contributed by atoms with Crippen molar-refractivity contribution in [2.75, 3.05) is 10.6 Å². The summed E-state index contributed by atoms with van der Waals surface area (Å²) >= 11 is 11.8. The van der Waals surface area contributed by atoms with Gasteiger partial charge in [-0.05, 0) is 55.5 Å². The average Bonchev–Trinajstić information content (AvgIpc) is 2.71. The van der Waals surface area contributed by atoms with Crippen LogP contribution >= 0.6 is 23.2 Å². The van der Waals surface area contributed by atoms with Crippen LogP contribution in [0.3, 0.4) is 0 Å². The minimum absolute atomic E-state index is 0.0560. The average molecular weight is 486 g/mol. The van der Waals surface area contributed by atoms with Crippen LogP contribution in [0.25, 0.3) is 0 Å². The van der Waals surface area contributed by atoms with Gasteiger partial charge in [0, 0.05) is 11.3 Å². The molecule has 11 heteroatoms. The summed E-state index contributed by atoms with van der Waals surface area (Å²) in [5.74, 6) is -2.01. The van der Waals surface area contributed by atoms with Crippen LogP contribution in [-0.4, -0.2) is 16.8 Å². The summed E-state index contributed by atoms with van der Waals surface area (Å²) in [6.07, 6.45) is -4.63. The number of nitrogens with one attached hydrogen (secondary N) is 2. The van der Waals surface area contributed by atoms with Crippen LogP contribution in [0.2, 0.25) is 10.0 Å². The van der Waals surface area contributed by atoms with Crippen molar-refractivity contribution in [1.29, 1.82) is 0 Å². The number of hydrogen-bond acceptors (Lipinski definition) is 3. The number of benzene rings is 2. The van der Waals surface area contributed by atoms with E-state index in [1.807, 2.05) is 0 Å². The number of anilines is 2. The number of carbonyl (C=O) groups excluding carboxylic acids is 2. The molecule has 0 saturated heterocycles. The van der Waals surface area contributed by atoms with Gasteiger partial charge >= 0.3 is 6.18 Å². The quantitative estimate of drug-likeness (QED) is 0.422. The molecule has 0 radical (unpaired) electrons. The number of halogens is 6. The van der Waals surface area contributed by atoms with Crippen molar-refractivity contribution in [3.63, 3.8) is 0 Å². The fraction of sp³-hybridized carbons (Fsp3) is 0.0952. The first-order valence-electron chi connectivity index (χ1n) is 8.88. The maximum Gasteiger partial charge on any atom is 0.433 e. The molecule has 5 nitrogen and oxygen atoms in total. The van der Waals surface area contributed by atoms with Crippen LogP contribution in [0.4, 0.5) is 28.9 Å². The summed E-state index contributed by atoms with van der Waals surface area (Å²) in [7, 11) is 0. The smallest absolute Gasteiger partial charge is 0.322 e. The summed E-state index contributed by atoms with van der Waals surface area (Å²) < 4.78 is 51.6. The fourth-order valence-corrected chi connectivity index (χ4v) is 3.03. The van der Waals surface area contributed by atoms with Gasteiger partial charge in [-0.3, -0.25) is 9.59 Å². The van der Waals surface area contributed by atoms with Crippen LogP contribution in [-0.2, 0) is 6.18 Å². The third kappa shape index (κ3) is 5.35. The highest BCUT2D eigenvalue weighted by molar-refractivity contribution is 6.34. The second-order valence-corrected chi connectivity index (χ2v) is 7.37. The van der Waals surface area contributed by atoms with E-state index in [4.69, 9.17) is 23.2 Å². The van der Waals surface area contributed by atoms with Crippen molar-refractivity contribution in [2.24, 2.45) is 0 Å². The maximum absolute atomic E-state index is 13.3. The molecule has 1 aromatic heterocycles. The van der Waals surface area contributed by atoms with Crippen molar-refractivity contribution in [1.82, 2.24) is 4.98 Å². The molecule has 2 aromatic carbocycles. The Hall–Kier alpha value is -3.17. The molecular formula is C21H13Cl2F4N3O2. The Bertz CT molecular complexity index is 1220. The van der Waals surface area contributed by atoms with Crippen molar-refractivity contribution >= 4 is 46.4 Å². The number of nitrogens with zero attached hydrogens (tertiary/aromatic N) is 1. The SMILES string of the molecule is Cc1nc(C(F)(F)F)ccc1C(=O)Nc1ccc(Cl)c(NC(=O)c2ccc(F)c(Cl)c2)c1. The molecule has 1 heterocycles. The van der Waals surface area contributed by atoms with E-state index in [1.54, 1.807) is 0 Å². The number of hydrogen-bond donors (Lipinski definition) is 2. The van der Waals surface area contributed by atoms with E-state index in [0.717, 1.165) is 18.2 Å². The molecule has 166 valence electrons. The summed E-state index contributed by atoms with van der Waals surface area (Å²) in [6, 6.07) is 9.36. The summed E-state index contributed by atoms with van der Waals surface area (Å²) in [6.45, 7) is 1.28. The molecule has 2 amide bonds. The lowest BCUT2D eigenvalue weighted by atomic mass is 10.1. The van der Waals surface area contributed by atoms with E-state index in [9.17, 15) is 27.2 Å². The minimum atomic E-state index is -4.63. The zero-order valence-electron chi connectivity index (χ0n) is 16.2. The molecule has 32 heavy (non-hydrogen) atoms. The van der Waals surface area contributed by atoms with E-state index < -0.39 is 29.5 Å². The minimum Gasteiger partial charge on any atom is -0.322 e. The predicted molar refractivity (Wildman–Crippen MR) is 113 cm³/mol. The first kappa shape index (κ1) is 23.5.